The second kappa shape index (κ2) is 6.62. The molecule has 2 atom stereocenters. The summed E-state index contributed by atoms with van der Waals surface area (Å²) in [7, 11) is 1.65. The zero-order valence-electron chi connectivity index (χ0n) is 12.5. The summed E-state index contributed by atoms with van der Waals surface area (Å²) in [5.41, 5.74) is 0.952. The summed E-state index contributed by atoms with van der Waals surface area (Å²) in [5.74, 6) is -0.0571. The van der Waals surface area contributed by atoms with Crippen LogP contribution in [0, 0.1) is 5.92 Å². The summed E-state index contributed by atoms with van der Waals surface area (Å²) >= 11 is 1.67. The molecule has 6 heteroatoms. The lowest BCUT2D eigenvalue weighted by molar-refractivity contribution is -0.143. The molecule has 2 N–H and O–H groups in total. The van der Waals surface area contributed by atoms with Crippen LogP contribution in [-0.4, -0.2) is 29.2 Å². The van der Waals surface area contributed by atoms with Gasteiger partial charge in [0.15, 0.2) is 0 Å². The van der Waals surface area contributed by atoms with E-state index in [1.807, 2.05) is 18.2 Å². The van der Waals surface area contributed by atoms with E-state index in [1.54, 1.807) is 18.4 Å². The Morgan fingerprint density at radius 2 is 2.36 bits per heavy atom. The van der Waals surface area contributed by atoms with Crippen molar-refractivity contribution in [3.63, 3.8) is 0 Å². The third-order valence-corrected chi connectivity index (χ3v) is 5.24. The fraction of sp³-hybridized carbons (Fsp3) is 0.500. The van der Waals surface area contributed by atoms with Crippen LogP contribution in [-0.2, 0) is 11.3 Å². The standard InChI is InChI=1S/C16H20N2O3S/c1-21-12-5-6-14-13(8-12)18-15(22-14)9-17-11-4-2-3-10(7-11)16(19)20/h5-6,8,10-11,17H,2-4,7,9H2,1H3,(H,19,20)/t10-,11+/m0/s1. The van der Waals surface area contributed by atoms with Gasteiger partial charge in [-0.2, -0.15) is 0 Å². The highest BCUT2D eigenvalue weighted by Crippen LogP contribution is 2.27. The van der Waals surface area contributed by atoms with Gasteiger partial charge in [0.2, 0.25) is 0 Å². The maximum atomic E-state index is 11.1. The SMILES string of the molecule is COc1ccc2sc(CN[C@@H]3CCC[C@H](C(=O)O)C3)nc2c1. The molecule has 1 aliphatic rings. The van der Waals surface area contributed by atoms with Gasteiger partial charge >= 0.3 is 5.97 Å². The summed E-state index contributed by atoms with van der Waals surface area (Å²) in [6.07, 6.45) is 3.54. The van der Waals surface area contributed by atoms with Crippen LogP contribution >= 0.6 is 11.3 Å². The maximum Gasteiger partial charge on any atom is 0.306 e. The third kappa shape index (κ3) is 3.39. The summed E-state index contributed by atoms with van der Waals surface area (Å²) in [6, 6.07) is 6.18. The number of benzene rings is 1. The van der Waals surface area contributed by atoms with Gasteiger partial charge in [-0.15, -0.1) is 11.3 Å². The van der Waals surface area contributed by atoms with Gasteiger partial charge in [-0.25, -0.2) is 4.98 Å². The van der Waals surface area contributed by atoms with Crippen molar-refractivity contribution in [2.24, 2.45) is 5.92 Å². The summed E-state index contributed by atoms with van der Waals surface area (Å²) in [6.45, 7) is 0.693. The van der Waals surface area contributed by atoms with Crippen LogP contribution in [0.2, 0.25) is 0 Å². The largest absolute Gasteiger partial charge is 0.497 e. The average molecular weight is 320 g/mol. The van der Waals surface area contributed by atoms with Gasteiger partial charge in [0, 0.05) is 18.7 Å². The molecule has 0 saturated heterocycles. The number of hydrogen-bond donors (Lipinski definition) is 2. The Kier molecular flexibility index (Phi) is 4.59. The van der Waals surface area contributed by atoms with Crippen LogP contribution in [0.5, 0.6) is 5.75 Å². The molecule has 3 rings (SSSR count). The molecule has 0 spiro atoms. The predicted octanol–water partition coefficient (Wildman–Crippen LogP) is 3.04. The molecule has 0 unspecified atom stereocenters. The Labute approximate surface area is 133 Å². The first kappa shape index (κ1) is 15.2. The lowest BCUT2D eigenvalue weighted by atomic mass is 9.86. The van der Waals surface area contributed by atoms with Gasteiger partial charge in [-0.3, -0.25) is 4.79 Å². The highest BCUT2D eigenvalue weighted by Gasteiger charge is 2.26. The number of aliphatic carboxylic acids is 1. The Morgan fingerprint density at radius 3 is 3.14 bits per heavy atom. The number of ether oxygens (including phenoxy) is 1. The van der Waals surface area contributed by atoms with E-state index in [-0.39, 0.29) is 12.0 Å². The molecule has 1 aromatic carbocycles. The normalized spacial score (nSPS) is 21.9. The molecule has 1 fully saturated rings. The van der Waals surface area contributed by atoms with E-state index in [0.29, 0.717) is 13.0 Å². The van der Waals surface area contributed by atoms with Crippen LogP contribution in [0.25, 0.3) is 10.2 Å². The van der Waals surface area contributed by atoms with Crippen molar-refractivity contribution >= 4 is 27.5 Å². The van der Waals surface area contributed by atoms with Crippen LogP contribution in [0.1, 0.15) is 30.7 Å². The number of carboxylic acid groups (broad SMARTS) is 1. The summed E-state index contributed by atoms with van der Waals surface area (Å²) < 4.78 is 6.36. The first-order valence-electron chi connectivity index (χ1n) is 7.55. The first-order chi connectivity index (χ1) is 10.7. The summed E-state index contributed by atoms with van der Waals surface area (Å²) in [5, 5.41) is 13.6. The predicted molar refractivity (Wildman–Crippen MR) is 86.4 cm³/mol. The minimum absolute atomic E-state index is 0.203. The zero-order valence-corrected chi connectivity index (χ0v) is 13.4. The third-order valence-electron chi connectivity index (χ3n) is 4.20. The molecule has 22 heavy (non-hydrogen) atoms. The Bertz CT molecular complexity index is 670. The summed E-state index contributed by atoms with van der Waals surface area (Å²) in [4.78, 5) is 15.7. The minimum Gasteiger partial charge on any atom is -0.497 e. The molecule has 0 bridgehead atoms. The molecule has 0 radical (unpaired) electrons. The van der Waals surface area contributed by atoms with Crippen molar-refractivity contribution in [1.82, 2.24) is 10.3 Å². The van der Waals surface area contributed by atoms with E-state index >= 15 is 0 Å². The van der Waals surface area contributed by atoms with E-state index in [1.165, 1.54) is 0 Å². The lowest BCUT2D eigenvalue weighted by Gasteiger charge is -2.27. The Morgan fingerprint density at radius 1 is 1.50 bits per heavy atom. The smallest absolute Gasteiger partial charge is 0.306 e. The number of methoxy groups -OCH3 is 1. The zero-order chi connectivity index (χ0) is 15.5. The van der Waals surface area contributed by atoms with Crippen molar-refractivity contribution in [3.05, 3.63) is 23.2 Å². The number of aromatic nitrogens is 1. The van der Waals surface area contributed by atoms with Gasteiger partial charge < -0.3 is 15.2 Å². The molecule has 0 amide bonds. The second-order valence-electron chi connectivity index (χ2n) is 5.72. The number of carboxylic acids is 1. The van der Waals surface area contributed by atoms with Crippen molar-refractivity contribution in [1.29, 1.82) is 0 Å². The van der Waals surface area contributed by atoms with Crippen molar-refractivity contribution in [2.45, 2.75) is 38.3 Å². The fourth-order valence-electron chi connectivity index (χ4n) is 2.99. The van der Waals surface area contributed by atoms with Gasteiger partial charge in [0.25, 0.3) is 0 Å². The van der Waals surface area contributed by atoms with E-state index < -0.39 is 5.97 Å². The number of nitrogens with zero attached hydrogens (tertiary/aromatic N) is 1. The average Bonchev–Trinajstić information content (AvgIpc) is 2.95. The molecule has 5 nitrogen and oxygen atoms in total. The van der Waals surface area contributed by atoms with E-state index in [9.17, 15) is 4.79 Å². The molecule has 118 valence electrons. The number of rotatable bonds is 5. The topological polar surface area (TPSA) is 71.5 Å². The molecule has 1 aliphatic carbocycles. The number of carbonyl (C=O) groups is 1. The van der Waals surface area contributed by atoms with Gasteiger partial charge in [0.1, 0.15) is 10.8 Å². The number of nitrogens with one attached hydrogen (secondary N) is 1. The second-order valence-corrected chi connectivity index (χ2v) is 6.84. The van der Waals surface area contributed by atoms with E-state index in [0.717, 1.165) is 40.2 Å². The number of thiazole rings is 1. The lowest BCUT2D eigenvalue weighted by Crippen LogP contribution is -2.36. The van der Waals surface area contributed by atoms with E-state index in [2.05, 4.69) is 10.3 Å². The monoisotopic (exact) mass is 320 g/mol. The van der Waals surface area contributed by atoms with Crippen LogP contribution in [0.3, 0.4) is 0 Å². The highest BCUT2D eigenvalue weighted by molar-refractivity contribution is 7.18. The quantitative estimate of drug-likeness (QED) is 0.886. The van der Waals surface area contributed by atoms with Gasteiger partial charge in [-0.1, -0.05) is 6.42 Å². The van der Waals surface area contributed by atoms with Crippen molar-refractivity contribution in [2.75, 3.05) is 7.11 Å². The van der Waals surface area contributed by atoms with Crippen molar-refractivity contribution in [3.8, 4) is 5.75 Å². The first-order valence-corrected chi connectivity index (χ1v) is 8.37. The molecule has 1 aromatic heterocycles. The van der Waals surface area contributed by atoms with E-state index in [4.69, 9.17) is 9.84 Å². The molecule has 2 aromatic rings. The van der Waals surface area contributed by atoms with Gasteiger partial charge in [0.05, 0.1) is 23.2 Å². The van der Waals surface area contributed by atoms with Crippen LogP contribution in [0.4, 0.5) is 0 Å². The van der Waals surface area contributed by atoms with Crippen LogP contribution in [0.15, 0.2) is 18.2 Å². The molecule has 1 heterocycles. The fourth-order valence-corrected chi connectivity index (χ4v) is 3.89. The number of fused-ring (bicyclic) bond motifs is 1. The molecular formula is C16H20N2O3S. The minimum atomic E-state index is -0.668. The number of hydrogen-bond acceptors (Lipinski definition) is 5. The molecule has 0 aliphatic heterocycles. The van der Waals surface area contributed by atoms with Gasteiger partial charge in [-0.05, 0) is 31.4 Å². The maximum absolute atomic E-state index is 11.1. The van der Waals surface area contributed by atoms with Crippen molar-refractivity contribution < 1.29 is 14.6 Å². The van der Waals surface area contributed by atoms with Crippen LogP contribution < -0.4 is 10.1 Å². The Balaban J connectivity index is 1.62. The highest BCUT2D eigenvalue weighted by atomic mass is 32.1. The molecule has 1 saturated carbocycles. The molecular weight excluding hydrogens is 300 g/mol. The Hall–Kier alpha value is -1.66.